The molecule has 0 fully saturated rings. The molecule has 1 N–H and O–H groups in total. The van der Waals surface area contributed by atoms with Gasteiger partial charge in [-0.1, -0.05) is 46.9 Å². The minimum Gasteiger partial charge on any atom is -0.490 e. The maximum Gasteiger partial charge on any atom is 0.271 e. The summed E-state index contributed by atoms with van der Waals surface area (Å²) < 4.78 is 11.5. The third-order valence-corrected chi connectivity index (χ3v) is 5.58. The number of nitro benzene ring substituents is 1. The number of benzene rings is 3. The van der Waals surface area contributed by atoms with E-state index in [1.54, 1.807) is 31.2 Å². The van der Waals surface area contributed by atoms with Crippen LogP contribution in [0.25, 0.3) is 6.08 Å². The second kappa shape index (κ2) is 12.3. The Bertz CT molecular complexity index is 1390. The highest BCUT2D eigenvalue weighted by Gasteiger charge is 2.16. The van der Waals surface area contributed by atoms with Crippen molar-refractivity contribution in [2.45, 2.75) is 13.5 Å². The molecule has 0 aliphatic heterocycles. The first-order chi connectivity index (χ1) is 17.2. The number of anilines is 1. The Hall–Kier alpha value is -3.77. The van der Waals surface area contributed by atoms with E-state index in [4.69, 9.17) is 44.3 Å². The molecule has 1 amide bonds. The van der Waals surface area contributed by atoms with Crippen molar-refractivity contribution >= 4 is 58.2 Å². The Labute approximate surface area is 221 Å². The van der Waals surface area contributed by atoms with Gasteiger partial charge in [0.25, 0.3) is 11.6 Å². The van der Waals surface area contributed by atoms with Crippen LogP contribution in [0.3, 0.4) is 0 Å². The van der Waals surface area contributed by atoms with Gasteiger partial charge < -0.3 is 14.8 Å². The summed E-state index contributed by atoms with van der Waals surface area (Å²) in [5.74, 6) is -0.177. The van der Waals surface area contributed by atoms with Crippen molar-refractivity contribution in [2.75, 3.05) is 11.9 Å². The van der Waals surface area contributed by atoms with Gasteiger partial charge >= 0.3 is 0 Å². The number of rotatable bonds is 9. The zero-order valence-electron chi connectivity index (χ0n) is 18.8. The third kappa shape index (κ3) is 6.89. The van der Waals surface area contributed by atoms with E-state index in [0.717, 1.165) is 0 Å². The molecule has 0 atom stereocenters. The molecule has 0 unspecified atom stereocenters. The van der Waals surface area contributed by atoms with E-state index in [9.17, 15) is 20.2 Å². The minimum atomic E-state index is -0.746. The van der Waals surface area contributed by atoms with Crippen LogP contribution in [0, 0.1) is 21.4 Å². The van der Waals surface area contributed by atoms with Gasteiger partial charge in [-0.3, -0.25) is 14.9 Å². The second-order valence-corrected chi connectivity index (χ2v) is 8.47. The Balaban J connectivity index is 1.85. The topological polar surface area (TPSA) is 114 Å². The molecule has 3 aromatic carbocycles. The van der Waals surface area contributed by atoms with E-state index in [-0.39, 0.29) is 34.3 Å². The van der Waals surface area contributed by atoms with Crippen molar-refractivity contribution in [2.24, 2.45) is 0 Å². The average molecular weight is 547 g/mol. The van der Waals surface area contributed by atoms with Crippen LogP contribution in [-0.2, 0) is 11.4 Å². The summed E-state index contributed by atoms with van der Waals surface area (Å²) in [4.78, 5) is 23.0. The molecule has 0 aromatic heterocycles. The first-order valence-corrected chi connectivity index (χ1v) is 11.6. The third-order valence-electron chi connectivity index (χ3n) is 4.71. The number of nitrogens with one attached hydrogen (secondary N) is 1. The molecule has 0 spiro atoms. The standard InChI is InChI=1S/C25H18Cl3N3O5/c1-2-35-23-10-15(9-22(28)24(23)36-14-16-6-7-18(26)11-21(16)27)8-17(13-29)25(32)30-19-4-3-5-20(12-19)31(33)34/h3-12H,2,14H2,1H3,(H,30,32)/b17-8+. The molecule has 0 bridgehead atoms. The molecular weight excluding hydrogens is 529 g/mol. The first-order valence-electron chi connectivity index (χ1n) is 10.4. The second-order valence-electron chi connectivity index (χ2n) is 7.22. The summed E-state index contributed by atoms with van der Waals surface area (Å²) in [5.41, 5.74) is 0.827. The molecule has 0 radical (unpaired) electrons. The summed E-state index contributed by atoms with van der Waals surface area (Å²) in [6, 6.07) is 15.3. The summed E-state index contributed by atoms with van der Waals surface area (Å²) in [5, 5.41) is 24.1. The predicted octanol–water partition coefficient (Wildman–Crippen LogP) is 7.08. The predicted molar refractivity (Wildman–Crippen MR) is 139 cm³/mol. The van der Waals surface area contributed by atoms with Gasteiger partial charge in [0.05, 0.1) is 16.6 Å². The first kappa shape index (κ1) is 26.8. The molecule has 11 heteroatoms. The summed E-state index contributed by atoms with van der Waals surface area (Å²) in [6.45, 7) is 2.18. The largest absolute Gasteiger partial charge is 0.490 e. The Morgan fingerprint density at radius 2 is 1.89 bits per heavy atom. The van der Waals surface area contributed by atoms with Gasteiger partial charge in [0.2, 0.25) is 0 Å². The lowest BCUT2D eigenvalue weighted by Gasteiger charge is -2.15. The van der Waals surface area contributed by atoms with E-state index < -0.39 is 10.8 Å². The number of ether oxygens (including phenoxy) is 2. The van der Waals surface area contributed by atoms with Gasteiger partial charge in [-0.2, -0.15) is 5.26 Å². The van der Waals surface area contributed by atoms with Crippen LogP contribution in [0.1, 0.15) is 18.1 Å². The number of hydrogen-bond donors (Lipinski definition) is 1. The number of nitro groups is 1. The fourth-order valence-electron chi connectivity index (χ4n) is 3.07. The zero-order chi connectivity index (χ0) is 26.2. The molecule has 184 valence electrons. The van der Waals surface area contributed by atoms with Crippen molar-refractivity contribution < 1.29 is 19.2 Å². The molecule has 3 aromatic rings. The van der Waals surface area contributed by atoms with Crippen molar-refractivity contribution in [3.8, 4) is 17.6 Å². The number of carbonyl (C=O) groups is 1. The molecule has 0 heterocycles. The monoisotopic (exact) mass is 545 g/mol. The zero-order valence-corrected chi connectivity index (χ0v) is 21.0. The average Bonchev–Trinajstić information content (AvgIpc) is 2.83. The van der Waals surface area contributed by atoms with Gasteiger partial charge in [-0.25, -0.2) is 0 Å². The van der Waals surface area contributed by atoms with Gasteiger partial charge in [-0.05, 0) is 48.9 Å². The van der Waals surface area contributed by atoms with Crippen LogP contribution in [-0.4, -0.2) is 17.4 Å². The fourth-order valence-corrected chi connectivity index (χ4v) is 3.81. The van der Waals surface area contributed by atoms with Crippen LogP contribution >= 0.6 is 34.8 Å². The Kier molecular flexibility index (Phi) is 9.14. The highest BCUT2D eigenvalue weighted by Crippen LogP contribution is 2.38. The van der Waals surface area contributed by atoms with Crippen LogP contribution < -0.4 is 14.8 Å². The van der Waals surface area contributed by atoms with Gasteiger partial charge in [-0.15, -0.1) is 0 Å². The summed E-state index contributed by atoms with van der Waals surface area (Å²) in [7, 11) is 0. The molecule has 36 heavy (non-hydrogen) atoms. The highest BCUT2D eigenvalue weighted by molar-refractivity contribution is 6.35. The van der Waals surface area contributed by atoms with E-state index in [1.165, 1.54) is 36.4 Å². The number of non-ortho nitro benzene ring substituents is 1. The molecular formula is C25H18Cl3N3O5. The number of nitrogens with zero attached hydrogens (tertiary/aromatic N) is 2. The Morgan fingerprint density at radius 1 is 1.11 bits per heavy atom. The summed E-state index contributed by atoms with van der Waals surface area (Å²) in [6.07, 6.45) is 1.32. The van der Waals surface area contributed by atoms with E-state index in [0.29, 0.717) is 33.5 Å². The number of carbonyl (C=O) groups excluding carboxylic acids is 1. The highest BCUT2D eigenvalue weighted by atomic mass is 35.5. The van der Waals surface area contributed by atoms with E-state index >= 15 is 0 Å². The van der Waals surface area contributed by atoms with Crippen molar-refractivity contribution in [3.05, 3.63) is 96.5 Å². The van der Waals surface area contributed by atoms with E-state index in [2.05, 4.69) is 5.32 Å². The minimum absolute atomic E-state index is 0.0973. The molecule has 0 aliphatic carbocycles. The number of amides is 1. The smallest absolute Gasteiger partial charge is 0.271 e. The number of hydrogen-bond acceptors (Lipinski definition) is 6. The fraction of sp³-hybridized carbons (Fsp3) is 0.120. The van der Waals surface area contributed by atoms with Gasteiger partial charge in [0.15, 0.2) is 11.5 Å². The maximum atomic E-state index is 12.6. The molecule has 0 saturated carbocycles. The normalized spacial score (nSPS) is 10.9. The van der Waals surface area contributed by atoms with Crippen LogP contribution in [0.5, 0.6) is 11.5 Å². The van der Waals surface area contributed by atoms with Gasteiger partial charge in [0, 0.05) is 33.4 Å². The van der Waals surface area contributed by atoms with Crippen LogP contribution in [0.4, 0.5) is 11.4 Å². The lowest BCUT2D eigenvalue weighted by molar-refractivity contribution is -0.384. The maximum absolute atomic E-state index is 12.6. The van der Waals surface area contributed by atoms with Crippen LogP contribution in [0.2, 0.25) is 15.1 Å². The quantitative estimate of drug-likeness (QED) is 0.133. The van der Waals surface area contributed by atoms with Crippen molar-refractivity contribution in [1.29, 1.82) is 5.26 Å². The van der Waals surface area contributed by atoms with Crippen molar-refractivity contribution in [1.82, 2.24) is 0 Å². The SMILES string of the molecule is CCOc1cc(/C=C(\C#N)C(=O)Nc2cccc([N+](=O)[O-])c2)cc(Cl)c1OCc1ccc(Cl)cc1Cl. The van der Waals surface area contributed by atoms with Crippen LogP contribution in [0.15, 0.2) is 60.2 Å². The molecule has 0 aliphatic rings. The lowest BCUT2D eigenvalue weighted by Crippen LogP contribution is -2.13. The molecule has 0 saturated heterocycles. The molecule has 8 nitrogen and oxygen atoms in total. The number of nitriles is 1. The lowest BCUT2D eigenvalue weighted by atomic mass is 10.1. The van der Waals surface area contributed by atoms with Gasteiger partial charge in [0.1, 0.15) is 18.2 Å². The molecule has 3 rings (SSSR count). The van der Waals surface area contributed by atoms with E-state index in [1.807, 2.05) is 6.07 Å². The Morgan fingerprint density at radius 3 is 2.56 bits per heavy atom. The van der Waals surface area contributed by atoms with Crippen molar-refractivity contribution in [3.63, 3.8) is 0 Å². The number of halogens is 3. The summed E-state index contributed by atoms with van der Waals surface area (Å²) >= 11 is 18.6.